The highest BCUT2D eigenvalue weighted by molar-refractivity contribution is 6.30. The number of rotatable bonds is 6. The minimum Gasteiger partial charge on any atom is -0.489 e. The molecule has 7 nitrogen and oxygen atoms in total. The topological polar surface area (TPSA) is 90.4 Å². The van der Waals surface area contributed by atoms with Crippen molar-refractivity contribution >= 4 is 22.4 Å². The molecule has 8 heteroatoms. The summed E-state index contributed by atoms with van der Waals surface area (Å²) in [5, 5.41) is 16.8. The normalized spacial score (nSPS) is 11.3. The second-order valence-electron chi connectivity index (χ2n) is 7.74. The Balaban J connectivity index is 0.000000672. The van der Waals surface area contributed by atoms with Gasteiger partial charge in [-0.15, -0.1) is 10.1 Å². The van der Waals surface area contributed by atoms with Crippen molar-refractivity contribution in [3.63, 3.8) is 0 Å². The summed E-state index contributed by atoms with van der Waals surface area (Å²) in [5.41, 5.74) is 3.47. The monoisotopic (exact) mass is 487 g/mol. The lowest BCUT2D eigenvalue weighted by Crippen LogP contribution is -2.10. The zero-order chi connectivity index (χ0) is 24.6. The van der Waals surface area contributed by atoms with E-state index in [-0.39, 0.29) is 6.04 Å². The van der Waals surface area contributed by atoms with Gasteiger partial charge in [-0.05, 0) is 57.8 Å². The number of benzene rings is 4. The minimum atomic E-state index is -1.50. The van der Waals surface area contributed by atoms with Crippen LogP contribution in [0, 0.1) is 10.1 Å². The Bertz CT molecular complexity index is 1380. The van der Waals surface area contributed by atoms with Gasteiger partial charge in [-0.25, -0.2) is 4.98 Å². The first-order chi connectivity index (χ1) is 17.0. The van der Waals surface area contributed by atoms with Crippen molar-refractivity contribution in [3.05, 3.63) is 142 Å². The van der Waals surface area contributed by atoms with Crippen LogP contribution in [0.4, 0.5) is 0 Å². The summed E-state index contributed by atoms with van der Waals surface area (Å²) in [7, 11) is 0. The standard InChI is InChI=1S/C27H21ClN2O.HNO3/c28-25-11-5-20(6-12-25)18-31-26-13-9-22(10-14-26)27(30-16-15-29-19-30)24-8-7-21-3-1-2-4-23(21)17-24;2-1(3)4/h1-17,19,27H,18H2;(H,2,3,4). The number of hydrogen-bond acceptors (Lipinski definition) is 4. The molecule has 0 aliphatic rings. The van der Waals surface area contributed by atoms with Crippen molar-refractivity contribution in [1.29, 1.82) is 0 Å². The minimum absolute atomic E-state index is 0.0393. The van der Waals surface area contributed by atoms with E-state index in [2.05, 4.69) is 64.1 Å². The lowest BCUT2D eigenvalue weighted by Gasteiger charge is -2.20. The largest absolute Gasteiger partial charge is 0.489 e. The molecule has 1 aromatic heterocycles. The third kappa shape index (κ3) is 6.37. The van der Waals surface area contributed by atoms with E-state index in [1.165, 1.54) is 21.9 Å². The first kappa shape index (κ1) is 23.8. The van der Waals surface area contributed by atoms with Crippen molar-refractivity contribution in [2.45, 2.75) is 12.6 Å². The predicted molar refractivity (Wildman–Crippen MR) is 134 cm³/mol. The smallest absolute Gasteiger partial charge is 0.291 e. The highest BCUT2D eigenvalue weighted by atomic mass is 35.5. The van der Waals surface area contributed by atoms with Crippen LogP contribution in [0.1, 0.15) is 22.7 Å². The molecule has 0 saturated heterocycles. The van der Waals surface area contributed by atoms with Gasteiger partial charge in [-0.3, -0.25) is 0 Å². The SMILES string of the molecule is Clc1ccc(COc2ccc(C(c3ccc4ccccc4c3)n3ccnc3)cc2)cc1.O=[N+]([O-])O. The van der Waals surface area contributed by atoms with E-state index in [0.29, 0.717) is 6.61 Å². The zero-order valence-electron chi connectivity index (χ0n) is 18.6. The van der Waals surface area contributed by atoms with E-state index in [0.717, 1.165) is 16.3 Å². The van der Waals surface area contributed by atoms with Crippen molar-refractivity contribution in [2.75, 3.05) is 0 Å². The highest BCUT2D eigenvalue weighted by Crippen LogP contribution is 2.30. The summed E-state index contributed by atoms with van der Waals surface area (Å²) < 4.78 is 8.09. The van der Waals surface area contributed by atoms with E-state index in [9.17, 15) is 0 Å². The first-order valence-electron chi connectivity index (χ1n) is 10.8. The molecule has 176 valence electrons. The van der Waals surface area contributed by atoms with Gasteiger partial charge < -0.3 is 14.5 Å². The third-order valence-corrected chi connectivity index (χ3v) is 5.68. The van der Waals surface area contributed by atoms with Crippen molar-refractivity contribution < 1.29 is 15.0 Å². The third-order valence-electron chi connectivity index (χ3n) is 5.43. The molecule has 0 amide bonds. The van der Waals surface area contributed by atoms with Crippen molar-refractivity contribution in [3.8, 4) is 5.75 Å². The molecule has 35 heavy (non-hydrogen) atoms. The number of imidazole rings is 1. The Hall–Kier alpha value is -4.36. The molecule has 0 aliphatic carbocycles. The van der Waals surface area contributed by atoms with E-state index in [1.54, 1.807) is 0 Å². The molecule has 1 heterocycles. The van der Waals surface area contributed by atoms with E-state index in [1.807, 2.05) is 55.1 Å². The van der Waals surface area contributed by atoms with Gasteiger partial charge in [0.05, 0.1) is 12.4 Å². The number of nitrogens with zero attached hydrogens (tertiary/aromatic N) is 3. The van der Waals surface area contributed by atoms with Gasteiger partial charge in [0.2, 0.25) is 0 Å². The second kappa shape index (κ2) is 11.2. The Morgan fingerprint density at radius 1 is 0.943 bits per heavy atom. The fourth-order valence-corrected chi connectivity index (χ4v) is 3.96. The molecular formula is C27H22ClN3O4. The molecule has 0 aliphatic heterocycles. The van der Waals surface area contributed by atoms with Gasteiger partial charge in [0.15, 0.2) is 0 Å². The lowest BCUT2D eigenvalue weighted by molar-refractivity contribution is -0.742. The van der Waals surface area contributed by atoms with Crippen LogP contribution < -0.4 is 4.74 Å². The molecule has 5 aromatic rings. The predicted octanol–water partition coefficient (Wildman–Crippen LogP) is 6.56. The van der Waals surface area contributed by atoms with Crippen molar-refractivity contribution in [1.82, 2.24) is 9.55 Å². The summed E-state index contributed by atoms with van der Waals surface area (Å²) in [5.74, 6) is 0.835. The summed E-state index contributed by atoms with van der Waals surface area (Å²) >= 11 is 5.95. The molecule has 1 N–H and O–H groups in total. The molecule has 0 saturated carbocycles. The Morgan fingerprint density at radius 2 is 1.60 bits per heavy atom. The van der Waals surface area contributed by atoms with Crippen LogP contribution >= 0.6 is 11.6 Å². The van der Waals surface area contributed by atoms with Crippen LogP contribution in [-0.2, 0) is 6.61 Å². The molecule has 0 radical (unpaired) electrons. The number of fused-ring (bicyclic) bond motifs is 1. The lowest BCUT2D eigenvalue weighted by atomic mass is 9.96. The van der Waals surface area contributed by atoms with Crippen LogP contribution in [0.25, 0.3) is 10.8 Å². The molecular weight excluding hydrogens is 466 g/mol. The second-order valence-corrected chi connectivity index (χ2v) is 8.18. The summed E-state index contributed by atoms with van der Waals surface area (Å²) in [6, 6.07) is 31.1. The van der Waals surface area contributed by atoms with Gasteiger partial charge in [0.25, 0.3) is 5.09 Å². The Morgan fingerprint density at radius 3 is 2.26 bits per heavy atom. The number of hydrogen-bond donors (Lipinski definition) is 1. The van der Waals surface area contributed by atoms with E-state index < -0.39 is 5.09 Å². The summed E-state index contributed by atoms with van der Waals surface area (Å²) in [6.45, 7) is 0.506. The van der Waals surface area contributed by atoms with Gasteiger partial charge in [-0.2, -0.15) is 0 Å². The first-order valence-corrected chi connectivity index (χ1v) is 11.1. The van der Waals surface area contributed by atoms with Gasteiger partial charge in [0, 0.05) is 17.4 Å². The molecule has 0 fully saturated rings. The quantitative estimate of drug-likeness (QED) is 0.216. The Labute approximate surface area is 206 Å². The van der Waals surface area contributed by atoms with Crippen LogP contribution in [0.2, 0.25) is 5.02 Å². The fourth-order valence-electron chi connectivity index (χ4n) is 3.83. The zero-order valence-corrected chi connectivity index (χ0v) is 19.3. The molecule has 4 aromatic carbocycles. The number of ether oxygens (including phenoxy) is 1. The maximum atomic E-state index is 8.36. The van der Waals surface area contributed by atoms with E-state index >= 15 is 0 Å². The average Bonchev–Trinajstić information content (AvgIpc) is 3.39. The van der Waals surface area contributed by atoms with Crippen LogP contribution in [0.5, 0.6) is 5.75 Å². The van der Waals surface area contributed by atoms with Crippen LogP contribution in [0.3, 0.4) is 0 Å². The number of halogens is 1. The molecule has 5 rings (SSSR count). The van der Waals surface area contributed by atoms with Gasteiger partial charge in [-0.1, -0.05) is 72.3 Å². The Kier molecular flexibility index (Phi) is 7.60. The molecule has 0 bridgehead atoms. The van der Waals surface area contributed by atoms with Crippen LogP contribution in [0.15, 0.2) is 110 Å². The highest BCUT2D eigenvalue weighted by Gasteiger charge is 2.16. The van der Waals surface area contributed by atoms with Crippen LogP contribution in [-0.4, -0.2) is 19.8 Å². The van der Waals surface area contributed by atoms with E-state index in [4.69, 9.17) is 31.7 Å². The summed E-state index contributed by atoms with van der Waals surface area (Å²) in [6.07, 6.45) is 5.69. The maximum absolute atomic E-state index is 8.36. The van der Waals surface area contributed by atoms with Crippen molar-refractivity contribution in [2.24, 2.45) is 0 Å². The summed E-state index contributed by atoms with van der Waals surface area (Å²) in [4.78, 5) is 12.6. The fraction of sp³-hybridized carbons (Fsp3) is 0.0741. The van der Waals surface area contributed by atoms with Gasteiger partial charge >= 0.3 is 0 Å². The average molecular weight is 488 g/mol. The molecule has 1 unspecified atom stereocenters. The molecule has 0 spiro atoms. The van der Waals surface area contributed by atoms with Gasteiger partial charge in [0.1, 0.15) is 12.4 Å². The molecule has 1 atom stereocenters. The number of aromatic nitrogens is 2. The maximum Gasteiger partial charge on any atom is 0.291 e.